The van der Waals surface area contributed by atoms with Gasteiger partial charge in [-0.2, -0.15) is 0 Å². The Kier molecular flexibility index (Phi) is 8.02. The zero-order valence-corrected chi connectivity index (χ0v) is 21.7. The van der Waals surface area contributed by atoms with Crippen LogP contribution in [0.2, 0.25) is 0 Å². The fourth-order valence-electron chi connectivity index (χ4n) is 4.41. The van der Waals surface area contributed by atoms with Crippen molar-refractivity contribution in [1.29, 1.82) is 0 Å². The van der Waals surface area contributed by atoms with Crippen molar-refractivity contribution in [2.45, 2.75) is 38.6 Å². The van der Waals surface area contributed by atoms with E-state index >= 15 is 0 Å². The maximum Gasteiger partial charge on any atom is 0.267 e. The minimum Gasteiger partial charge on any atom is -0.493 e. The molecular formula is C27H27BrN2O3S. The second kappa shape index (κ2) is 11.2. The Labute approximate surface area is 213 Å². The van der Waals surface area contributed by atoms with Crippen LogP contribution in [-0.4, -0.2) is 35.7 Å². The van der Waals surface area contributed by atoms with Crippen molar-refractivity contribution < 1.29 is 14.3 Å². The Bertz CT molecular complexity index is 1160. The Morgan fingerprint density at radius 3 is 2.74 bits per heavy atom. The highest BCUT2D eigenvalue weighted by molar-refractivity contribution is 9.10. The van der Waals surface area contributed by atoms with Crippen LogP contribution in [0.5, 0.6) is 11.5 Å². The van der Waals surface area contributed by atoms with Crippen LogP contribution in [-0.2, 0) is 4.79 Å². The van der Waals surface area contributed by atoms with Gasteiger partial charge in [0.15, 0.2) is 16.7 Å². The number of nitrogens with zero attached hydrogens (tertiary/aromatic N) is 2. The summed E-state index contributed by atoms with van der Waals surface area (Å²) in [6.45, 7) is 2.33. The molecule has 2 atom stereocenters. The lowest BCUT2D eigenvalue weighted by Gasteiger charge is -2.35. The molecule has 0 N–H and O–H groups in total. The zero-order chi connectivity index (χ0) is 24.1. The first-order chi connectivity index (χ1) is 16.5. The van der Waals surface area contributed by atoms with E-state index in [1.807, 2.05) is 53.4 Å². The highest BCUT2D eigenvalue weighted by atomic mass is 79.9. The van der Waals surface area contributed by atoms with Gasteiger partial charge in [0.1, 0.15) is 6.61 Å². The summed E-state index contributed by atoms with van der Waals surface area (Å²) in [5.41, 5.74) is 1.55. The molecule has 0 aromatic heterocycles. The third kappa shape index (κ3) is 5.34. The summed E-state index contributed by atoms with van der Waals surface area (Å²) in [5, 5.41) is 0.717. The number of methoxy groups -OCH3 is 1. The maximum absolute atomic E-state index is 13.8. The minimum atomic E-state index is -0.0275. The molecule has 1 aliphatic carbocycles. The van der Waals surface area contributed by atoms with Crippen LogP contribution < -0.4 is 9.47 Å². The predicted molar refractivity (Wildman–Crippen MR) is 142 cm³/mol. The van der Waals surface area contributed by atoms with E-state index in [4.69, 9.17) is 20.9 Å². The van der Waals surface area contributed by atoms with Crippen LogP contribution in [0.3, 0.4) is 0 Å². The van der Waals surface area contributed by atoms with Crippen LogP contribution in [0.25, 0.3) is 6.08 Å². The van der Waals surface area contributed by atoms with Crippen LogP contribution >= 0.6 is 27.7 Å². The molecule has 1 amide bonds. The molecule has 1 heterocycles. The Balaban J connectivity index is 1.78. The van der Waals surface area contributed by atoms with Crippen molar-refractivity contribution in [3.8, 4) is 23.8 Å². The number of halogens is 1. The van der Waals surface area contributed by atoms with E-state index in [0.717, 1.165) is 35.0 Å². The topological polar surface area (TPSA) is 51.1 Å². The monoisotopic (exact) mass is 538 g/mol. The molecule has 2 aliphatic rings. The average Bonchev–Trinajstić information content (AvgIpc) is 3.13. The van der Waals surface area contributed by atoms with Crippen molar-refractivity contribution >= 4 is 50.5 Å². The van der Waals surface area contributed by atoms with Gasteiger partial charge in [-0.15, -0.1) is 6.42 Å². The summed E-state index contributed by atoms with van der Waals surface area (Å²) >= 11 is 4.93. The van der Waals surface area contributed by atoms with E-state index in [-0.39, 0.29) is 18.6 Å². The van der Waals surface area contributed by atoms with Crippen molar-refractivity contribution in [2.75, 3.05) is 13.7 Å². The lowest BCUT2D eigenvalue weighted by atomic mass is 9.85. The molecule has 176 valence electrons. The van der Waals surface area contributed by atoms with Crippen LogP contribution in [0, 0.1) is 18.3 Å². The molecule has 2 aromatic rings. The largest absolute Gasteiger partial charge is 0.493 e. The molecule has 4 rings (SSSR count). The fraction of sp³-hybridized carbons (Fsp3) is 0.333. The first-order valence-corrected chi connectivity index (χ1v) is 12.9. The van der Waals surface area contributed by atoms with Gasteiger partial charge < -0.3 is 9.47 Å². The van der Waals surface area contributed by atoms with Crippen molar-refractivity contribution in [3.05, 3.63) is 57.4 Å². The summed E-state index contributed by atoms with van der Waals surface area (Å²) in [5.74, 6) is 3.93. The van der Waals surface area contributed by atoms with E-state index in [9.17, 15) is 4.79 Å². The molecule has 0 radical (unpaired) electrons. The number of para-hydroxylation sites is 1. The number of hydrogen-bond acceptors (Lipinski definition) is 5. The van der Waals surface area contributed by atoms with Crippen molar-refractivity contribution in [2.24, 2.45) is 10.9 Å². The van der Waals surface area contributed by atoms with E-state index in [1.54, 1.807) is 7.11 Å². The van der Waals surface area contributed by atoms with Gasteiger partial charge in [-0.1, -0.05) is 59.8 Å². The first-order valence-electron chi connectivity index (χ1n) is 11.3. The van der Waals surface area contributed by atoms with Crippen molar-refractivity contribution in [1.82, 2.24) is 4.90 Å². The molecular weight excluding hydrogens is 512 g/mol. The van der Waals surface area contributed by atoms with E-state index in [1.165, 1.54) is 18.2 Å². The summed E-state index contributed by atoms with van der Waals surface area (Å²) in [6.07, 6.45) is 11.7. The van der Waals surface area contributed by atoms with Gasteiger partial charge in [0.2, 0.25) is 0 Å². The Morgan fingerprint density at radius 1 is 1.26 bits per heavy atom. The third-order valence-electron chi connectivity index (χ3n) is 6.07. The molecule has 0 bridgehead atoms. The van der Waals surface area contributed by atoms with E-state index in [2.05, 4.69) is 28.8 Å². The van der Waals surface area contributed by atoms with Gasteiger partial charge in [-0.3, -0.25) is 9.69 Å². The first kappa shape index (κ1) is 24.4. The molecule has 1 saturated carbocycles. The van der Waals surface area contributed by atoms with Gasteiger partial charge in [-0.05, 0) is 60.9 Å². The standard InChI is InChI=1S/C27H27BrN2O3S/c1-4-14-33-25-19(15-20(28)17-23(25)32-3)16-24-26(31)30(22-13-9-8-10-18(22)2)27(34-24)29-21-11-6-5-7-12-21/h1,5-7,11-12,15-18,22H,8-10,13-14H2,2-3H3/b24-16-,29-27?/t18-,22+/m0/s1. The average molecular weight is 539 g/mol. The molecule has 1 saturated heterocycles. The third-order valence-corrected chi connectivity index (χ3v) is 7.51. The molecule has 5 nitrogen and oxygen atoms in total. The normalized spacial score (nSPS) is 22.8. The smallest absolute Gasteiger partial charge is 0.267 e. The molecule has 1 aliphatic heterocycles. The van der Waals surface area contributed by atoms with Crippen LogP contribution in [0.4, 0.5) is 5.69 Å². The second-order valence-electron chi connectivity index (χ2n) is 8.36. The Morgan fingerprint density at radius 2 is 2.03 bits per heavy atom. The van der Waals surface area contributed by atoms with Gasteiger partial charge >= 0.3 is 0 Å². The van der Waals surface area contributed by atoms with Gasteiger partial charge in [0, 0.05) is 16.1 Å². The maximum atomic E-state index is 13.8. The number of thioether (sulfide) groups is 1. The summed E-state index contributed by atoms with van der Waals surface area (Å²) in [6, 6.07) is 13.6. The van der Waals surface area contributed by atoms with E-state index in [0.29, 0.717) is 27.5 Å². The number of carbonyl (C=O) groups excluding carboxylic acids is 1. The molecule has 34 heavy (non-hydrogen) atoms. The summed E-state index contributed by atoms with van der Waals surface area (Å²) < 4.78 is 12.1. The van der Waals surface area contributed by atoms with Gasteiger partial charge in [-0.25, -0.2) is 4.99 Å². The lowest BCUT2D eigenvalue weighted by Crippen LogP contribution is -2.44. The molecule has 2 fully saturated rings. The van der Waals surface area contributed by atoms with Crippen LogP contribution in [0.1, 0.15) is 38.2 Å². The minimum absolute atomic E-state index is 0.0275. The number of ether oxygens (including phenoxy) is 2. The predicted octanol–water partition coefficient (Wildman–Crippen LogP) is 6.65. The summed E-state index contributed by atoms with van der Waals surface area (Å²) in [7, 11) is 1.58. The molecule has 0 unspecified atom stereocenters. The number of hydrogen-bond donors (Lipinski definition) is 0. The number of terminal acetylenes is 1. The second-order valence-corrected chi connectivity index (χ2v) is 10.3. The SMILES string of the molecule is C#CCOc1c(/C=C2\SC(=Nc3ccccc3)N([C@@H]3CCCC[C@@H]3C)C2=O)cc(Br)cc1OC. The molecule has 2 aromatic carbocycles. The zero-order valence-electron chi connectivity index (χ0n) is 19.3. The van der Waals surface area contributed by atoms with E-state index < -0.39 is 0 Å². The Hall–Kier alpha value is -2.69. The molecule has 7 heteroatoms. The highest BCUT2D eigenvalue weighted by Gasteiger charge is 2.41. The number of rotatable bonds is 6. The summed E-state index contributed by atoms with van der Waals surface area (Å²) in [4.78, 5) is 21.1. The number of aliphatic imine (C=N–C) groups is 1. The fourth-order valence-corrected chi connectivity index (χ4v) is 5.90. The lowest BCUT2D eigenvalue weighted by molar-refractivity contribution is -0.124. The highest BCUT2D eigenvalue weighted by Crippen LogP contribution is 2.42. The number of carbonyl (C=O) groups is 1. The quantitative estimate of drug-likeness (QED) is 0.305. The van der Waals surface area contributed by atoms with Crippen LogP contribution in [0.15, 0.2) is 56.8 Å². The van der Waals surface area contributed by atoms with Gasteiger partial charge in [0.25, 0.3) is 5.91 Å². The number of benzene rings is 2. The number of amides is 1. The van der Waals surface area contributed by atoms with Gasteiger partial charge in [0.05, 0.1) is 17.7 Å². The van der Waals surface area contributed by atoms with Crippen molar-refractivity contribution in [3.63, 3.8) is 0 Å². The molecule has 0 spiro atoms. The number of amidine groups is 1.